The van der Waals surface area contributed by atoms with Crippen molar-refractivity contribution in [3.63, 3.8) is 0 Å². The molecule has 0 radical (unpaired) electrons. The van der Waals surface area contributed by atoms with Gasteiger partial charge in [-0.1, -0.05) is 44.7 Å². The lowest BCUT2D eigenvalue weighted by molar-refractivity contribution is 0.303. The highest BCUT2D eigenvalue weighted by Gasteiger charge is 2.22. The summed E-state index contributed by atoms with van der Waals surface area (Å²) in [7, 11) is 0. The molecular formula is C29H35N3. The third-order valence-electron chi connectivity index (χ3n) is 7.50. The molecule has 3 heteroatoms. The normalized spacial score (nSPS) is 19.0. The lowest BCUT2D eigenvalue weighted by Crippen LogP contribution is -2.13. The summed E-state index contributed by atoms with van der Waals surface area (Å²) >= 11 is 0. The van der Waals surface area contributed by atoms with Gasteiger partial charge in [-0.05, 0) is 91.6 Å². The van der Waals surface area contributed by atoms with Gasteiger partial charge in [0.1, 0.15) is 0 Å². The maximum atomic E-state index is 6.11. The first-order chi connectivity index (χ1) is 15.6. The Morgan fingerprint density at radius 2 is 1.34 bits per heavy atom. The molecule has 0 saturated heterocycles. The number of rotatable bonds is 6. The van der Waals surface area contributed by atoms with E-state index in [4.69, 9.17) is 11.5 Å². The molecule has 4 aromatic rings. The van der Waals surface area contributed by atoms with Crippen LogP contribution in [-0.4, -0.2) is 4.57 Å². The van der Waals surface area contributed by atoms with E-state index in [1.165, 1.54) is 73.7 Å². The van der Waals surface area contributed by atoms with Crippen LogP contribution in [0, 0.1) is 5.92 Å². The Kier molecular flexibility index (Phi) is 5.82. The molecule has 1 saturated carbocycles. The molecule has 0 spiro atoms. The molecule has 3 aromatic carbocycles. The van der Waals surface area contributed by atoms with Crippen LogP contribution in [-0.2, 0) is 0 Å². The topological polar surface area (TPSA) is 57.0 Å². The number of benzene rings is 3. The second-order valence-corrected chi connectivity index (χ2v) is 9.69. The minimum Gasteiger partial charge on any atom is -0.399 e. The van der Waals surface area contributed by atoms with Crippen LogP contribution in [0.25, 0.3) is 27.5 Å². The van der Waals surface area contributed by atoms with Crippen LogP contribution in [0.15, 0.2) is 60.7 Å². The van der Waals surface area contributed by atoms with Gasteiger partial charge in [-0.2, -0.15) is 0 Å². The molecule has 1 aliphatic rings. The smallest absolute Gasteiger partial charge is 0.0542 e. The largest absolute Gasteiger partial charge is 0.399 e. The van der Waals surface area contributed by atoms with E-state index in [9.17, 15) is 0 Å². The highest BCUT2D eigenvalue weighted by Crippen LogP contribution is 2.39. The molecule has 0 aliphatic heterocycles. The Morgan fingerprint density at radius 3 is 1.91 bits per heavy atom. The number of fused-ring (bicyclic) bond motifs is 3. The highest BCUT2D eigenvalue weighted by atomic mass is 15.0. The maximum absolute atomic E-state index is 6.11. The van der Waals surface area contributed by atoms with E-state index >= 15 is 0 Å². The molecule has 0 bridgehead atoms. The molecule has 1 fully saturated rings. The fraction of sp³-hybridized carbons (Fsp3) is 0.379. The second kappa shape index (κ2) is 8.90. The lowest BCUT2D eigenvalue weighted by atomic mass is 9.77. The van der Waals surface area contributed by atoms with Crippen molar-refractivity contribution in [3.8, 4) is 5.69 Å². The van der Waals surface area contributed by atoms with Crippen molar-refractivity contribution < 1.29 is 0 Å². The van der Waals surface area contributed by atoms with Gasteiger partial charge in [0.25, 0.3) is 0 Å². The standard InChI is InChI=1S/C29H35N3/c1-2-3-4-5-20-6-8-21(9-7-20)22-10-14-25(15-11-22)32-28-16-12-23(30)18-26(28)27-19-24(31)13-17-29(27)32/h10-21H,2-9,30-31H2,1H3. The first-order valence-electron chi connectivity index (χ1n) is 12.3. The SMILES string of the molecule is CCCCCC1CCC(c2ccc(-n3c4ccc(N)cc4c4cc(N)ccc43)cc2)CC1. The van der Waals surface area contributed by atoms with Gasteiger partial charge in [-0.15, -0.1) is 0 Å². The summed E-state index contributed by atoms with van der Waals surface area (Å²) in [6.07, 6.45) is 11.0. The number of hydrogen-bond donors (Lipinski definition) is 2. The number of nitrogen functional groups attached to an aromatic ring is 2. The first kappa shape index (κ1) is 20.9. The summed E-state index contributed by atoms with van der Waals surface area (Å²) in [5.74, 6) is 1.67. The van der Waals surface area contributed by atoms with Crippen LogP contribution >= 0.6 is 0 Å². The van der Waals surface area contributed by atoms with E-state index in [1.807, 2.05) is 12.1 Å². The molecule has 1 aromatic heterocycles. The van der Waals surface area contributed by atoms with Crippen molar-refractivity contribution in [2.75, 3.05) is 11.5 Å². The van der Waals surface area contributed by atoms with Crippen molar-refractivity contribution in [2.45, 2.75) is 64.2 Å². The van der Waals surface area contributed by atoms with Crippen LogP contribution in [0.4, 0.5) is 11.4 Å². The predicted octanol–water partition coefficient (Wildman–Crippen LogP) is 7.80. The molecule has 4 N–H and O–H groups in total. The Morgan fingerprint density at radius 1 is 0.750 bits per heavy atom. The van der Waals surface area contributed by atoms with E-state index < -0.39 is 0 Å². The molecule has 0 unspecified atom stereocenters. The van der Waals surface area contributed by atoms with E-state index in [-0.39, 0.29) is 0 Å². The molecule has 5 rings (SSSR count). The van der Waals surface area contributed by atoms with Crippen LogP contribution < -0.4 is 11.5 Å². The number of anilines is 2. The van der Waals surface area contributed by atoms with Gasteiger partial charge in [0, 0.05) is 27.8 Å². The molecule has 166 valence electrons. The van der Waals surface area contributed by atoms with Gasteiger partial charge >= 0.3 is 0 Å². The van der Waals surface area contributed by atoms with Gasteiger partial charge in [-0.3, -0.25) is 0 Å². The van der Waals surface area contributed by atoms with Crippen LogP contribution in [0.3, 0.4) is 0 Å². The minimum absolute atomic E-state index is 0.712. The minimum atomic E-state index is 0.712. The fourth-order valence-electron chi connectivity index (χ4n) is 5.70. The Bertz CT molecular complexity index is 1150. The van der Waals surface area contributed by atoms with Gasteiger partial charge in [0.05, 0.1) is 11.0 Å². The summed E-state index contributed by atoms with van der Waals surface area (Å²) in [5, 5.41) is 2.30. The Balaban J connectivity index is 1.41. The summed E-state index contributed by atoms with van der Waals surface area (Å²) in [5.41, 5.74) is 18.8. The van der Waals surface area contributed by atoms with Crippen molar-refractivity contribution in [2.24, 2.45) is 5.92 Å². The van der Waals surface area contributed by atoms with Crippen LogP contribution in [0.5, 0.6) is 0 Å². The van der Waals surface area contributed by atoms with Gasteiger partial charge in [-0.25, -0.2) is 0 Å². The first-order valence-corrected chi connectivity index (χ1v) is 12.3. The van der Waals surface area contributed by atoms with Crippen LogP contribution in [0.2, 0.25) is 0 Å². The average molecular weight is 426 g/mol. The molecule has 0 atom stereocenters. The van der Waals surface area contributed by atoms with Crippen molar-refractivity contribution >= 4 is 33.2 Å². The molecule has 3 nitrogen and oxygen atoms in total. The average Bonchev–Trinajstić information content (AvgIpc) is 3.12. The van der Waals surface area contributed by atoms with E-state index in [1.54, 1.807) is 0 Å². The molecular weight excluding hydrogens is 390 g/mol. The maximum Gasteiger partial charge on any atom is 0.0542 e. The van der Waals surface area contributed by atoms with Gasteiger partial charge < -0.3 is 16.0 Å². The number of unbranched alkanes of at least 4 members (excludes halogenated alkanes) is 2. The summed E-state index contributed by atoms with van der Waals surface area (Å²) < 4.78 is 2.33. The van der Waals surface area contributed by atoms with Crippen molar-refractivity contribution in [1.29, 1.82) is 0 Å². The summed E-state index contributed by atoms with van der Waals surface area (Å²) in [6, 6.07) is 21.6. The number of hydrogen-bond acceptors (Lipinski definition) is 2. The van der Waals surface area contributed by atoms with Gasteiger partial charge in [0.15, 0.2) is 0 Å². The summed E-state index contributed by atoms with van der Waals surface area (Å²) in [6.45, 7) is 2.30. The lowest BCUT2D eigenvalue weighted by Gasteiger charge is -2.29. The van der Waals surface area contributed by atoms with Crippen molar-refractivity contribution in [3.05, 3.63) is 66.2 Å². The zero-order valence-electron chi connectivity index (χ0n) is 19.2. The zero-order chi connectivity index (χ0) is 22.1. The third-order valence-corrected chi connectivity index (χ3v) is 7.50. The second-order valence-electron chi connectivity index (χ2n) is 9.69. The van der Waals surface area contributed by atoms with E-state index in [2.05, 4.69) is 60.0 Å². The third kappa shape index (κ3) is 3.97. The summed E-state index contributed by atoms with van der Waals surface area (Å²) in [4.78, 5) is 0. The van der Waals surface area contributed by atoms with Gasteiger partial charge in [0.2, 0.25) is 0 Å². The zero-order valence-corrected chi connectivity index (χ0v) is 19.2. The van der Waals surface area contributed by atoms with E-state index in [0.717, 1.165) is 28.1 Å². The number of nitrogens with two attached hydrogens (primary N) is 2. The molecule has 1 aliphatic carbocycles. The quantitative estimate of drug-likeness (QED) is 0.244. The van der Waals surface area contributed by atoms with Crippen molar-refractivity contribution in [1.82, 2.24) is 4.57 Å². The fourth-order valence-corrected chi connectivity index (χ4v) is 5.70. The highest BCUT2D eigenvalue weighted by molar-refractivity contribution is 6.11. The Hall–Kier alpha value is -2.94. The molecule has 0 amide bonds. The number of nitrogens with zero attached hydrogens (tertiary/aromatic N) is 1. The predicted molar refractivity (Wildman–Crippen MR) is 138 cm³/mol. The number of aromatic nitrogens is 1. The van der Waals surface area contributed by atoms with Crippen LogP contribution in [0.1, 0.15) is 69.8 Å². The Labute approximate surface area is 191 Å². The molecule has 32 heavy (non-hydrogen) atoms. The van der Waals surface area contributed by atoms with E-state index in [0.29, 0.717) is 5.92 Å². The molecule has 1 heterocycles. The monoisotopic (exact) mass is 425 g/mol.